The Morgan fingerprint density at radius 2 is 2.24 bits per heavy atom. The second kappa shape index (κ2) is 5.59. The van der Waals surface area contributed by atoms with Crippen molar-refractivity contribution in [1.82, 2.24) is 5.32 Å². The lowest BCUT2D eigenvalue weighted by molar-refractivity contribution is -0.117. The predicted octanol–water partition coefficient (Wildman–Crippen LogP) is 1.73. The van der Waals surface area contributed by atoms with Crippen molar-refractivity contribution in [2.45, 2.75) is 19.4 Å². The van der Waals surface area contributed by atoms with Gasteiger partial charge in [-0.1, -0.05) is 12.1 Å². The van der Waals surface area contributed by atoms with Crippen LogP contribution in [0.15, 0.2) is 30.3 Å². The molecule has 3 nitrogen and oxygen atoms in total. The topological polar surface area (TPSA) is 49.3 Å². The van der Waals surface area contributed by atoms with Gasteiger partial charge in [0.05, 0.1) is 5.60 Å². The number of amides is 1. The van der Waals surface area contributed by atoms with Gasteiger partial charge in [0.25, 0.3) is 0 Å². The van der Waals surface area contributed by atoms with E-state index >= 15 is 0 Å². The number of carbonyl (C=O) groups excluding carboxylic acids is 1. The van der Waals surface area contributed by atoms with Crippen LogP contribution in [0.3, 0.4) is 0 Å². The lowest BCUT2D eigenvalue weighted by Gasteiger charge is -2.16. The summed E-state index contributed by atoms with van der Waals surface area (Å²) in [5.74, 6) is -0.666. The van der Waals surface area contributed by atoms with Gasteiger partial charge in [0.2, 0.25) is 5.91 Å². The number of benzene rings is 1. The summed E-state index contributed by atoms with van der Waals surface area (Å²) in [6, 6.07) is 5.94. The van der Waals surface area contributed by atoms with E-state index in [1.165, 1.54) is 24.3 Å². The summed E-state index contributed by atoms with van der Waals surface area (Å²) < 4.78 is 12.8. The number of carbonyl (C=O) groups is 1. The molecule has 0 saturated carbocycles. The number of nitrogens with one attached hydrogen (secondary N) is 1. The van der Waals surface area contributed by atoms with Crippen LogP contribution in [0.4, 0.5) is 4.39 Å². The monoisotopic (exact) mass is 237 g/mol. The van der Waals surface area contributed by atoms with Gasteiger partial charge in [0, 0.05) is 12.6 Å². The fourth-order valence-electron chi connectivity index (χ4n) is 1.14. The fourth-order valence-corrected chi connectivity index (χ4v) is 1.14. The summed E-state index contributed by atoms with van der Waals surface area (Å²) in [5.41, 5.74) is -0.328. The van der Waals surface area contributed by atoms with E-state index in [1.54, 1.807) is 26.0 Å². The second-order valence-corrected chi connectivity index (χ2v) is 4.42. The van der Waals surface area contributed by atoms with Crippen LogP contribution in [-0.4, -0.2) is 23.2 Å². The molecule has 2 N–H and O–H groups in total. The third-order valence-electron chi connectivity index (χ3n) is 1.97. The SMILES string of the molecule is CC(C)(O)CNC(=O)/C=C/c1cccc(F)c1. The van der Waals surface area contributed by atoms with E-state index < -0.39 is 5.60 Å². The Hall–Kier alpha value is -1.68. The number of hydrogen-bond donors (Lipinski definition) is 2. The van der Waals surface area contributed by atoms with E-state index in [0.29, 0.717) is 5.56 Å². The Morgan fingerprint density at radius 3 is 2.82 bits per heavy atom. The smallest absolute Gasteiger partial charge is 0.244 e. The maximum atomic E-state index is 12.8. The van der Waals surface area contributed by atoms with Crippen LogP contribution in [0.5, 0.6) is 0 Å². The van der Waals surface area contributed by atoms with E-state index in [2.05, 4.69) is 5.32 Å². The Kier molecular flexibility index (Phi) is 4.40. The first-order valence-corrected chi connectivity index (χ1v) is 5.31. The van der Waals surface area contributed by atoms with Crippen LogP contribution in [0, 0.1) is 5.82 Å². The van der Waals surface area contributed by atoms with Crippen LogP contribution >= 0.6 is 0 Å². The first-order chi connectivity index (χ1) is 7.87. The quantitative estimate of drug-likeness (QED) is 0.783. The molecule has 0 spiro atoms. The number of halogens is 1. The van der Waals surface area contributed by atoms with Crippen molar-refractivity contribution in [2.24, 2.45) is 0 Å². The Morgan fingerprint density at radius 1 is 1.53 bits per heavy atom. The molecule has 0 bridgehead atoms. The van der Waals surface area contributed by atoms with Gasteiger partial charge < -0.3 is 10.4 Å². The highest BCUT2D eigenvalue weighted by atomic mass is 19.1. The van der Waals surface area contributed by atoms with Crippen LogP contribution < -0.4 is 5.32 Å². The third kappa shape index (κ3) is 5.82. The second-order valence-electron chi connectivity index (χ2n) is 4.42. The lowest BCUT2D eigenvalue weighted by Crippen LogP contribution is -2.37. The molecule has 0 aromatic heterocycles. The average molecular weight is 237 g/mol. The molecular formula is C13H16FNO2. The largest absolute Gasteiger partial charge is 0.389 e. The van der Waals surface area contributed by atoms with E-state index in [-0.39, 0.29) is 18.3 Å². The fraction of sp³-hybridized carbons (Fsp3) is 0.308. The molecule has 0 heterocycles. The molecule has 0 aliphatic carbocycles. The highest BCUT2D eigenvalue weighted by Crippen LogP contribution is 2.05. The lowest BCUT2D eigenvalue weighted by atomic mass is 10.1. The molecule has 0 aliphatic heterocycles. The molecule has 1 amide bonds. The first kappa shape index (κ1) is 13.4. The van der Waals surface area contributed by atoms with Crippen molar-refractivity contribution in [3.8, 4) is 0 Å². The van der Waals surface area contributed by atoms with Gasteiger partial charge >= 0.3 is 0 Å². The Balaban J connectivity index is 2.51. The van der Waals surface area contributed by atoms with Crippen molar-refractivity contribution in [3.05, 3.63) is 41.7 Å². The molecule has 1 aromatic carbocycles. The van der Waals surface area contributed by atoms with Gasteiger partial charge in [-0.2, -0.15) is 0 Å². The van der Waals surface area contributed by atoms with Gasteiger partial charge in [0.1, 0.15) is 5.82 Å². The molecule has 0 radical (unpaired) electrons. The molecule has 1 aromatic rings. The zero-order chi connectivity index (χ0) is 12.9. The molecule has 4 heteroatoms. The summed E-state index contributed by atoms with van der Waals surface area (Å²) >= 11 is 0. The van der Waals surface area contributed by atoms with Crippen molar-refractivity contribution in [3.63, 3.8) is 0 Å². The molecule has 1 rings (SSSR count). The van der Waals surface area contributed by atoms with Gasteiger partial charge in [-0.3, -0.25) is 4.79 Å². The Bertz CT molecular complexity index is 422. The highest BCUT2D eigenvalue weighted by Gasteiger charge is 2.12. The third-order valence-corrected chi connectivity index (χ3v) is 1.97. The van der Waals surface area contributed by atoms with Crippen LogP contribution in [0.1, 0.15) is 19.4 Å². The van der Waals surface area contributed by atoms with Crippen molar-refractivity contribution < 1.29 is 14.3 Å². The van der Waals surface area contributed by atoms with E-state index in [1.807, 2.05) is 0 Å². The standard InChI is InChI=1S/C13H16FNO2/c1-13(2,17)9-15-12(16)7-6-10-4-3-5-11(14)8-10/h3-8,17H,9H2,1-2H3,(H,15,16)/b7-6+. The predicted molar refractivity (Wildman–Crippen MR) is 64.7 cm³/mol. The zero-order valence-electron chi connectivity index (χ0n) is 9.90. The minimum Gasteiger partial charge on any atom is -0.389 e. The van der Waals surface area contributed by atoms with E-state index in [0.717, 1.165) is 0 Å². The van der Waals surface area contributed by atoms with Gasteiger partial charge in [-0.15, -0.1) is 0 Å². The van der Waals surface area contributed by atoms with Crippen molar-refractivity contribution in [1.29, 1.82) is 0 Å². The minimum absolute atomic E-state index is 0.166. The van der Waals surface area contributed by atoms with Gasteiger partial charge in [-0.05, 0) is 37.6 Å². The first-order valence-electron chi connectivity index (χ1n) is 5.31. The summed E-state index contributed by atoms with van der Waals surface area (Å²) in [4.78, 5) is 11.3. The molecule has 17 heavy (non-hydrogen) atoms. The normalized spacial score (nSPS) is 11.8. The summed E-state index contributed by atoms with van der Waals surface area (Å²) in [7, 11) is 0. The average Bonchev–Trinajstić information content (AvgIpc) is 2.23. The van der Waals surface area contributed by atoms with E-state index in [4.69, 9.17) is 0 Å². The maximum Gasteiger partial charge on any atom is 0.244 e. The summed E-state index contributed by atoms with van der Waals surface area (Å²) in [6.45, 7) is 3.37. The van der Waals surface area contributed by atoms with Gasteiger partial charge in [0.15, 0.2) is 0 Å². The van der Waals surface area contributed by atoms with Crippen LogP contribution in [0.25, 0.3) is 6.08 Å². The van der Waals surface area contributed by atoms with Crippen molar-refractivity contribution in [2.75, 3.05) is 6.54 Å². The molecule has 0 fully saturated rings. The molecular weight excluding hydrogens is 221 g/mol. The molecule has 0 saturated heterocycles. The van der Waals surface area contributed by atoms with Crippen molar-refractivity contribution >= 4 is 12.0 Å². The molecule has 0 aliphatic rings. The maximum absolute atomic E-state index is 12.8. The number of rotatable bonds is 4. The zero-order valence-corrected chi connectivity index (χ0v) is 9.90. The molecule has 0 unspecified atom stereocenters. The summed E-state index contributed by atoms with van der Waals surface area (Å²) in [6.07, 6.45) is 2.82. The van der Waals surface area contributed by atoms with Crippen LogP contribution in [-0.2, 0) is 4.79 Å². The van der Waals surface area contributed by atoms with Crippen LogP contribution in [0.2, 0.25) is 0 Å². The minimum atomic E-state index is -0.942. The van der Waals surface area contributed by atoms with E-state index in [9.17, 15) is 14.3 Å². The number of aliphatic hydroxyl groups is 1. The van der Waals surface area contributed by atoms with Gasteiger partial charge in [-0.25, -0.2) is 4.39 Å². The molecule has 0 atom stereocenters. The highest BCUT2D eigenvalue weighted by molar-refractivity contribution is 5.91. The molecule has 92 valence electrons. The summed E-state index contributed by atoms with van der Waals surface area (Å²) in [5, 5.41) is 11.9. The number of hydrogen-bond acceptors (Lipinski definition) is 2. The Labute approximate surface area is 100.0 Å².